The van der Waals surface area contributed by atoms with Gasteiger partial charge in [-0.05, 0) is 31.5 Å². The summed E-state index contributed by atoms with van der Waals surface area (Å²) in [5, 5.41) is 16.7. The van der Waals surface area contributed by atoms with E-state index in [1.807, 2.05) is 30.3 Å². The molecule has 3 nitrogen and oxygen atoms in total. The molecule has 0 spiro atoms. The van der Waals surface area contributed by atoms with E-state index in [4.69, 9.17) is 0 Å². The highest BCUT2D eigenvalue weighted by molar-refractivity contribution is 5.17. The number of hydrogen-bond acceptors (Lipinski definition) is 3. The van der Waals surface area contributed by atoms with Crippen LogP contribution in [0.1, 0.15) is 24.5 Å². The van der Waals surface area contributed by atoms with E-state index in [9.17, 15) is 5.11 Å². The Morgan fingerprint density at radius 2 is 1.94 bits per heavy atom. The third-order valence-electron chi connectivity index (χ3n) is 3.12. The smallest absolute Gasteiger partial charge is 0.0914 e. The molecule has 3 N–H and O–H groups in total. The van der Waals surface area contributed by atoms with Crippen LogP contribution < -0.4 is 10.6 Å². The zero-order valence-corrected chi connectivity index (χ0v) is 9.52. The highest BCUT2D eigenvalue weighted by Gasteiger charge is 2.14. The molecule has 1 fully saturated rings. The summed E-state index contributed by atoms with van der Waals surface area (Å²) >= 11 is 0. The Bertz CT molecular complexity index is 296. The van der Waals surface area contributed by atoms with Gasteiger partial charge in [0.05, 0.1) is 6.10 Å². The number of benzene rings is 1. The molecule has 1 aliphatic rings. The summed E-state index contributed by atoms with van der Waals surface area (Å²) in [6.45, 7) is 2.81. The Morgan fingerprint density at radius 1 is 1.25 bits per heavy atom. The number of nitrogens with one attached hydrogen (secondary N) is 2. The van der Waals surface area contributed by atoms with Gasteiger partial charge < -0.3 is 15.7 Å². The van der Waals surface area contributed by atoms with Crippen LogP contribution in [-0.2, 0) is 0 Å². The summed E-state index contributed by atoms with van der Waals surface area (Å²) in [7, 11) is 0. The molecular formula is C13H20N2O. The fourth-order valence-electron chi connectivity index (χ4n) is 2.10. The molecule has 1 aromatic carbocycles. The topological polar surface area (TPSA) is 44.3 Å². The number of piperidine rings is 1. The van der Waals surface area contributed by atoms with E-state index in [1.165, 1.54) is 0 Å². The fraction of sp³-hybridized carbons (Fsp3) is 0.538. The van der Waals surface area contributed by atoms with Gasteiger partial charge in [-0.25, -0.2) is 0 Å². The van der Waals surface area contributed by atoms with Crippen LogP contribution in [0.2, 0.25) is 0 Å². The van der Waals surface area contributed by atoms with Gasteiger partial charge in [0.1, 0.15) is 0 Å². The minimum absolute atomic E-state index is 0.393. The summed E-state index contributed by atoms with van der Waals surface area (Å²) < 4.78 is 0. The lowest BCUT2D eigenvalue weighted by molar-refractivity contribution is 0.166. The van der Waals surface area contributed by atoms with Gasteiger partial charge in [-0.2, -0.15) is 0 Å². The third-order valence-corrected chi connectivity index (χ3v) is 3.12. The number of rotatable bonds is 4. The van der Waals surface area contributed by atoms with Gasteiger partial charge in [0.15, 0.2) is 0 Å². The first kappa shape index (κ1) is 11.6. The molecule has 0 saturated carbocycles. The molecule has 0 aliphatic carbocycles. The molecule has 88 valence electrons. The number of hydrogen-bond donors (Lipinski definition) is 3. The van der Waals surface area contributed by atoms with Crippen molar-refractivity contribution in [3.8, 4) is 0 Å². The molecule has 1 saturated heterocycles. The maximum absolute atomic E-state index is 9.97. The van der Waals surface area contributed by atoms with Crippen molar-refractivity contribution in [3.05, 3.63) is 35.9 Å². The normalized spacial score (nSPS) is 19.6. The number of aliphatic hydroxyl groups excluding tert-OH is 1. The van der Waals surface area contributed by atoms with Crippen LogP contribution in [-0.4, -0.2) is 30.8 Å². The van der Waals surface area contributed by atoms with Crippen LogP contribution in [0, 0.1) is 0 Å². The van der Waals surface area contributed by atoms with E-state index >= 15 is 0 Å². The van der Waals surface area contributed by atoms with E-state index < -0.39 is 6.10 Å². The first-order valence-corrected chi connectivity index (χ1v) is 6.03. The largest absolute Gasteiger partial charge is 0.387 e. The second-order valence-corrected chi connectivity index (χ2v) is 4.36. The molecule has 2 rings (SSSR count). The summed E-state index contributed by atoms with van der Waals surface area (Å²) in [5.41, 5.74) is 0.990. The Labute approximate surface area is 96.9 Å². The average Bonchev–Trinajstić information content (AvgIpc) is 2.38. The van der Waals surface area contributed by atoms with Crippen molar-refractivity contribution in [1.82, 2.24) is 10.6 Å². The maximum atomic E-state index is 9.97. The van der Waals surface area contributed by atoms with E-state index in [2.05, 4.69) is 10.6 Å². The van der Waals surface area contributed by atoms with E-state index in [0.717, 1.165) is 31.5 Å². The van der Waals surface area contributed by atoms with Crippen LogP contribution >= 0.6 is 0 Å². The second kappa shape index (κ2) is 5.99. The predicted molar refractivity (Wildman–Crippen MR) is 65.3 cm³/mol. The summed E-state index contributed by atoms with van der Waals surface area (Å²) in [5.74, 6) is 0. The Morgan fingerprint density at radius 3 is 2.62 bits per heavy atom. The minimum Gasteiger partial charge on any atom is -0.387 e. The quantitative estimate of drug-likeness (QED) is 0.711. The van der Waals surface area contributed by atoms with Gasteiger partial charge in [-0.3, -0.25) is 0 Å². The van der Waals surface area contributed by atoms with E-state index in [-0.39, 0.29) is 0 Å². The zero-order chi connectivity index (χ0) is 11.2. The lowest BCUT2D eigenvalue weighted by Crippen LogP contribution is -2.41. The molecule has 16 heavy (non-hydrogen) atoms. The maximum Gasteiger partial charge on any atom is 0.0914 e. The fourth-order valence-corrected chi connectivity index (χ4v) is 2.10. The summed E-state index contributed by atoms with van der Waals surface area (Å²) in [6.07, 6.45) is 1.92. The Kier molecular flexibility index (Phi) is 4.34. The average molecular weight is 220 g/mol. The van der Waals surface area contributed by atoms with Gasteiger partial charge in [0.25, 0.3) is 0 Å². The molecule has 1 aliphatic heterocycles. The zero-order valence-electron chi connectivity index (χ0n) is 9.52. The van der Waals surface area contributed by atoms with Crippen molar-refractivity contribution >= 4 is 0 Å². The van der Waals surface area contributed by atoms with Gasteiger partial charge in [0.2, 0.25) is 0 Å². The molecule has 1 atom stereocenters. The second-order valence-electron chi connectivity index (χ2n) is 4.36. The molecular weight excluding hydrogens is 200 g/mol. The van der Waals surface area contributed by atoms with Crippen LogP contribution in [0.5, 0.6) is 0 Å². The first-order chi connectivity index (χ1) is 7.86. The Hall–Kier alpha value is -0.900. The van der Waals surface area contributed by atoms with Crippen molar-refractivity contribution in [3.63, 3.8) is 0 Å². The SMILES string of the molecule is O[C@H](CNC1CCNCC1)c1ccccc1. The lowest BCUT2D eigenvalue weighted by atomic mass is 10.1. The van der Waals surface area contributed by atoms with Gasteiger partial charge in [-0.15, -0.1) is 0 Å². The molecule has 3 heteroatoms. The molecule has 0 amide bonds. The molecule has 1 aromatic rings. The van der Waals surface area contributed by atoms with Gasteiger partial charge >= 0.3 is 0 Å². The first-order valence-electron chi connectivity index (χ1n) is 6.03. The van der Waals surface area contributed by atoms with Gasteiger partial charge in [-0.1, -0.05) is 30.3 Å². The van der Waals surface area contributed by atoms with Crippen LogP contribution in [0.4, 0.5) is 0 Å². The van der Waals surface area contributed by atoms with Crippen molar-refractivity contribution in [1.29, 1.82) is 0 Å². The van der Waals surface area contributed by atoms with E-state index in [0.29, 0.717) is 12.6 Å². The number of aliphatic hydroxyl groups is 1. The van der Waals surface area contributed by atoms with Crippen LogP contribution in [0.3, 0.4) is 0 Å². The third kappa shape index (κ3) is 3.30. The standard InChI is InChI=1S/C13H20N2O/c16-13(11-4-2-1-3-5-11)10-15-12-6-8-14-9-7-12/h1-5,12-16H,6-10H2/t13-/m1/s1. The van der Waals surface area contributed by atoms with Crippen LogP contribution in [0.15, 0.2) is 30.3 Å². The monoisotopic (exact) mass is 220 g/mol. The van der Waals surface area contributed by atoms with Crippen molar-refractivity contribution in [2.24, 2.45) is 0 Å². The van der Waals surface area contributed by atoms with Gasteiger partial charge in [0, 0.05) is 12.6 Å². The minimum atomic E-state index is -0.393. The van der Waals surface area contributed by atoms with Crippen molar-refractivity contribution in [2.75, 3.05) is 19.6 Å². The molecule has 0 aromatic heterocycles. The van der Waals surface area contributed by atoms with Crippen molar-refractivity contribution in [2.45, 2.75) is 25.0 Å². The summed E-state index contributed by atoms with van der Waals surface area (Å²) in [4.78, 5) is 0. The molecule has 1 heterocycles. The highest BCUT2D eigenvalue weighted by Crippen LogP contribution is 2.11. The predicted octanol–water partition coefficient (Wildman–Crippen LogP) is 1.06. The molecule has 0 unspecified atom stereocenters. The molecule has 0 radical (unpaired) electrons. The summed E-state index contributed by atoms with van der Waals surface area (Å²) in [6, 6.07) is 10.4. The molecule has 0 bridgehead atoms. The lowest BCUT2D eigenvalue weighted by Gasteiger charge is -2.25. The van der Waals surface area contributed by atoms with Crippen molar-refractivity contribution < 1.29 is 5.11 Å². The highest BCUT2D eigenvalue weighted by atomic mass is 16.3. The van der Waals surface area contributed by atoms with E-state index in [1.54, 1.807) is 0 Å². The Balaban J connectivity index is 1.77. The van der Waals surface area contributed by atoms with Crippen LogP contribution in [0.25, 0.3) is 0 Å².